The molecule has 0 N–H and O–H groups in total. The predicted molar refractivity (Wildman–Crippen MR) is 65.3 cm³/mol. The van der Waals surface area contributed by atoms with Crippen LogP contribution in [0.3, 0.4) is 0 Å². The minimum absolute atomic E-state index is 0.303. The number of hydrogen-bond acceptors (Lipinski definition) is 1. The SMILES string of the molecule is O=CC(Cc1ccc(F)cc1)c1ccc(F)cc1. The Morgan fingerprint density at radius 2 is 1.39 bits per heavy atom. The lowest BCUT2D eigenvalue weighted by Gasteiger charge is -2.10. The van der Waals surface area contributed by atoms with Crippen LogP contribution in [0.1, 0.15) is 17.0 Å². The van der Waals surface area contributed by atoms with E-state index in [0.717, 1.165) is 17.4 Å². The first-order valence-corrected chi connectivity index (χ1v) is 5.64. The van der Waals surface area contributed by atoms with E-state index < -0.39 is 0 Å². The first-order chi connectivity index (χ1) is 8.69. The van der Waals surface area contributed by atoms with Crippen LogP contribution < -0.4 is 0 Å². The van der Waals surface area contributed by atoms with Gasteiger partial charge in [0.15, 0.2) is 0 Å². The number of benzene rings is 2. The molecule has 0 aliphatic heterocycles. The van der Waals surface area contributed by atoms with Gasteiger partial charge in [-0.25, -0.2) is 8.78 Å². The number of rotatable bonds is 4. The van der Waals surface area contributed by atoms with Crippen molar-refractivity contribution in [3.63, 3.8) is 0 Å². The Kier molecular flexibility index (Phi) is 3.82. The van der Waals surface area contributed by atoms with Crippen LogP contribution in [0.4, 0.5) is 8.78 Å². The minimum Gasteiger partial charge on any atom is -0.303 e. The first kappa shape index (κ1) is 12.4. The van der Waals surface area contributed by atoms with Crippen molar-refractivity contribution >= 4 is 6.29 Å². The highest BCUT2D eigenvalue weighted by Crippen LogP contribution is 2.19. The van der Waals surface area contributed by atoms with E-state index >= 15 is 0 Å². The molecule has 0 heterocycles. The van der Waals surface area contributed by atoms with Gasteiger partial charge in [0.25, 0.3) is 0 Å². The predicted octanol–water partition coefficient (Wildman–Crippen LogP) is 3.49. The summed E-state index contributed by atoms with van der Waals surface area (Å²) in [6, 6.07) is 11.9. The molecule has 1 nitrogen and oxygen atoms in total. The molecule has 0 amide bonds. The highest BCUT2D eigenvalue weighted by Gasteiger charge is 2.11. The Morgan fingerprint density at radius 3 is 1.89 bits per heavy atom. The monoisotopic (exact) mass is 246 g/mol. The molecular formula is C15H12F2O. The summed E-state index contributed by atoms with van der Waals surface area (Å²) in [6.07, 6.45) is 1.31. The minimum atomic E-state index is -0.337. The van der Waals surface area contributed by atoms with E-state index in [1.807, 2.05) is 0 Å². The zero-order valence-electron chi connectivity index (χ0n) is 9.64. The fourth-order valence-corrected chi connectivity index (χ4v) is 1.83. The molecule has 0 spiro atoms. The molecule has 3 heteroatoms. The van der Waals surface area contributed by atoms with Crippen molar-refractivity contribution < 1.29 is 13.6 Å². The summed E-state index contributed by atoms with van der Waals surface area (Å²) >= 11 is 0. The van der Waals surface area contributed by atoms with Gasteiger partial charge in [0, 0.05) is 5.92 Å². The van der Waals surface area contributed by atoms with Crippen molar-refractivity contribution in [1.29, 1.82) is 0 Å². The fourth-order valence-electron chi connectivity index (χ4n) is 1.83. The van der Waals surface area contributed by atoms with Crippen molar-refractivity contribution in [1.82, 2.24) is 0 Å². The van der Waals surface area contributed by atoms with Gasteiger partial charge >= 0.3 is 0 Å². The summed E-state index contributed by atoms with van der Waals surface area (Å²) in [7, 11) is 0. The summed E-state index contributed by atoms with van der Waals surface area (Å²) in [6.45, 7) is 0. The molecule has 2 aromatic carbocycles. The zero-order chi connectivity index (χ0) is 13.0. The van der Waals surface area contributed by atoms with Crippen molar-refractivity contribution in [2.75, 3.05) is 0 Å². The second-order valence-corrected chi connectivity index (χ2v) is 4.12. The van der Waals surface area contributed by atoms with E-state index in [9.17, 15) is 13.6 Å². The maximum Gasteiger partial charge on any atom is 0.127 e. The van der Waals surface area contributed by atoms with Gasteiger partial charge in [-0.1, -0.05) is 24.3 Å². The van der Waals surface area contributed by atoms with E-state index in [2.05, 4.69) is 0 Å². The number of carbonyl (C=O) groups excluding carboxylic acids is 1. The Balaban J connectivity index is 2.16. The van der Waals surface area contributed by atoms with Gasteiger partial charge in [0.1, 0.15) is 17.9 Å². The van der Waals surface area contributed by atoms with Gasteiger partial charge in [-0.3, -0.25) is 0 Å². The third-order valence-corrected chi connectivity index (χ3v) is 2.83. The van der Waals surface area contributed by atoms with E-state index in [4.69, 9.17) is 0 Å². The lowest BCUT2D eigenvalue weighted by molar-refractivity contribution is -0.109. The number of hydrogen-bond donors (Lipinski definition) is 0. The van der Waals surface area contributed by atoms with E-state index in [-0.39, 0.29) is 17.6 Å². The number of carbonyl (C=O) groups is 1. The van der Waals surface area contributed by atoms with Gasteiger partial charge in [0.2, 0.25) is 0 Å². The molecule has 92 valence electrons. The third-order valence-electron chi connectivity index (χ3n) is 2.83. The van der Waals surface area contributed by atoms with Crippen LogP contribution in [0.15, 0.2) is 48.5 Å². The van der Waals surface area contributed by atoms with Gasteiger partial charge in [-0.2, -0.15) is 0 Å². The van der Waals surface area contributed by atoms with E-state index in [1.165, 1.54) is 24.3 Å². The van der Waals surface area contributed by atoms with Crippen LogP contribution >= 0.6 is 0 Å². The van der Waals surface area contributed by atoms with Gasteiger partial charge in [-0.15, -0.1) is 0 Å². The Hall–Kier alpha value is -2.03. The van der Waals surface area contributed by atoms with Crippen LogP contribution in [-0.2, 0) is 11.2 Å². The van der Waals surface area contributed by atoms with E-state index in [1.54, 1.807) is 24.3 Å². The molecule has 0 aliphatic rings. The zero-order valence-corrected chi connectivity index (χ0v) is 9.64. The first-order valence-electron chi connectivity index (χ1n) is 5.64. The molecule has 0 saturated carbocycles. The number of aldehydes is 1. The summed E-state index contributed by atoms with van der Waals surface area (Å²) < 4.78 is 25.6. The molecule has 0 fully saturated rings. The topological polar surface area (TPSA) is 17.1 Å². The van der Waals surface area contributed by atoms with Crippen molar-refractivity contribution in [2.45, 2.75) is 12.3 Å². The Bertz CT molecular complexity index is 517. The van der Waals surface area contributed by atoms with Gasteiger partial charge in [0.05, 0.1) is 0 Å². The molecule has 0 aliphatic carbocycles. The van der Waals surface area contributed by atoms with Crippen molar-refractivity contribution in [2.24, 2.45) is 0 Å². The van der Waals surface area contributed by atoms with Gasteiger partial charge in [-0.05, 0) is 41.8 Å². The maximum atomic E-state index is 12.8. The molecule has 0 radical (unpaired) electrons. The largest absolute Gasteiger partial charge is 0.303 e. The lowest BCUT2D eigenvalue weighted by Crippen LogP contribution is -2.04. The molecule has 0 aromatic heterocycles. The molecule has 1 atom stereocenters. The van der Waals surface area contributed by atoms with Crippen LogP contribution in [-0.4, -0.2) is 6.29 Å². The molecule has 18 heavy (non-hydrogen) atoms. The van der Waals surface area contributed by atoms with Crippen LogP contribution in [0.2, 0.25) is 0 Å². The second-order valence-electron chi connectivity index (χ2n) is 4.12. The average Bonchev–Trinajstić information content (AvgIpc) is 2.39. The Morgan fingerprint density at radius 1 is 0.889 bits per heavy atom. The summed E-state index contributed by atoms with van der Waals surface area (Å²) in [5, 5.41) is 0. The molecule has 0 saturated heterocycles. The maximum absolute atomic E-state index is 12.8. The van der Waals surface area contributed by atoms with E-state index in [0.29, 0.717) is 6.42 Å². The fraction of sp³-hybridized carbons (Fsp3) is 0.133. The standard InChI is InChI=1S/C15H12F2O/c16-14-5-1-11(2-6-14)9-13(10-18)12-3-7-15(17)8-4-12/h1-8,10,13H,9H2. The highest BCUT2D eigenvalue weighted by molar-refractivity contribution is 5.62. The molecule has 2 rings (SSSR count). The van der Waals surface area contributed by atoms with Crippen LogP contribution in [0.5, 0.6) is 0 Å². The van der Waals surface area contributed by atoms with Crippen molar-refractivity contribution in [3.05, 3.63) is 71.3 Å². The summed E-state index contributed by atoms with van der Waals surface area (Å²) in [5.41, 5.74) is 1.63. The molecule has 0 bridgehead atoms. The smallest absolute Gasteiger partial charge is 0.127 e. The van der Waals surface area contributed by atoms with Crippen LogP contribution in [0.25, 0.3) is 0 Å². The van der Waals surface area contributed by atoms with Crippen LogP contribution in [0, 0.1) is 11.6 Å². The second kappa shape index (κ2) is 5.54. The van der Waals surface area contributed by atoms with Gasteiger partial charge < -0.3 is 4.79 Å². The normalized spacial score (nSPS) is 12.1. The number of halogens is 2. The van der Waals surface area contributed by atoms with Crippen molar-refractivity contribution in [3.8, 4) is 0 Å². The highest BCUT2D eigenvalue weighted by atomic mass is 19.1. The Labute approximate surface area is 104 Å². The third kappa shape index (κ3) is 3.00. The summed E-state index contributed by atoms with van der Waals surface area (Å²) in [4.78, 5) is 11.1. The summed E-state index contributed by atoms with van der Waals surface area (Å²) in [5.74, 6) is -0.968. The molecular weight excluding hydrogens is 234 g/mol. The molecule has 1 unspecified atom stereocenters. The quantitative estimate of drug-likeness (QED) is 0.755. The molecule has 2 aromatic rings. The lowest BCUT2D eigenvalue weighted by atomic mass is 9.93. The average molecular weight is 246 g/mol.